The second-order valence-corrected chi connectivity index (χ2v) is 5.29. The maximum atomic E-state index is 12.5. The topological polar surface area (TPSA) is 38.3 Å². The molecule has 1 N–H and O–H groups in total. The maximum absolute atomic E-state index is 12.5. The Labute approximate surface area is 138 Å². The number of aryl methyl sites for hydroxylation is 1. The van der Waals surface area contributed by atoms with Crippen LogP contribution in [0.5, 0.6) is 5.75 Å². The van der Waals surface area contributed by atoms with Crippen LogP contribution in [0.4, 0.5) is 18.9 Å². The Morgan fingerprint density at radius 3 is 2.33 bits per heavy atom. The third-order valence-corrected chi connectivity index (χ3v) is 3.51. The standard InChI is InChI=1S/C18H18F3NO2/c1-3-13-6-4-5-7-16(13)24-12(2)17(23)22-15-10-8-14(9-11-15)18(19,20)21/h4-12H,3H2,1-2H3,(H,22,23)/t12-/m1/s1. The fourth-order valence-corrected chi connectivity index (χ4v) is 2.14. The lowest BCUT2D eigenvalue weighted by molar-refractivity contribution is -0.137. The van der Waals surface area contributed by atoms with E-state index in [1.807, 2.05) is 25.1 Å². The van der Waals surface area contributed by atoms with Crippen LogP contribution in [0.3, 0.4) is 0 Å². The van der Waals surface area contributed by atoms with Gasteiger partial charge in [-0.05, 0) is 49.2 Å². The van der Waals surface area contributed by atoms with Crippen molar-refractivity contribution >= 4 is 11.6 Å². The molecule has 1 atom stereocenters. The number of ether oxygens (including phenoxy) is 1. The number of amides is 1. The molecule has 2 rings (SSSR count). The lowest BCUT2D eigenvalue weighted by Gasteiger charge is -2.17. The van der Waals surface area contributed by atoms with Crippen molar-refractivity contribution in [3.63, 3.8) is 0 Å². The predicted molar refractivity (Wildman–Crippen MR) is 86.0 cm³/mol. The number of benzene rings is 2. The van der Waals surface area contributed by atoms with Gasteiger partial charge < -0.3 is 10.1 Å². The number of nitrogens with one attached hydrogen (secondary N) is 1. The van der Waals surface area contributed by atoms with Crippen LogP contribution in [-0.2, 0) is 17.4 Å². The van der Waals surface area contributed by atoms with Crippen molar-refractivity contribution in [1.29, 1.82) is 0 Å². The van der Waals surface area contributed by atoms with Crippen LogP contribution < -0.4 is 10.1 Å². The van der Waals surface area contributed by atoms with Crippen molar-refractivity contribution in [3.8, 4) is 5.75 Å². The molecule has 0 aliphatic rings. The molecule has 0 spiro atoms. The molecule has 0 saturated carbocycles. The van der Waals surface area contributed by atoms with Crippen molar-refractivity contribution in [3.05, 3.63) is 59.7 Å². The van der Waals surface area contributed by atoms with E-state index < -0.39 is 23.8 Å². The zero-order valence-corrected chi connectivity index (χ0v) is 13.4. The van der Waals surface area contributed by atoms with Gasteiger partial charge in [0.25, 0.3) is 5.91 Å². The Balaban J connectivity index is 2.01. The summed E-state index contributed by atoms with van der Waals surface area (Å²) in [5.74, 6) is 0.190. The molecule has 0 saturated heterocycles. The van der Waals surface area contributed by atoms with Crippen LogP contribution in [-0.4, -0.2) is 12.0 Å². The van der Waals surface area contributed by atoms with Gasteiger partial charge in [-0.2, -0.15) is 13.2 Å². The summed E-state index contributed by atoms with van der Waals surface area (Å²) in [6.45, 7) is 3.57. The van der Waals surface area contributed by atoms with Gasteiger partial charge in [-0.25, -0.2) is 0 Å². The Morgan fingerprint density at radius 1 is 1.12 bits per heavy atom. The van der Waals surface area contributed by atoms with E-state index in [0.29, 0.717) is 5.75 Å². The van der Waals surface area contributed by atoms with E-state index in [1.54, 1.807) is 13.0 Å². The number of hydrogen-bond donors (Lipinski definition) is 1. The normalized spacial score (nSPS) is 12.5. The van der Waals surface area contributed by atoms with Crippen molar-refractivity contribution in [2.24, 2.45) is 0 Å². The highest BCUT2D eigenvalue weighted by Crippen LogP contribution is 2.29. The van der Waals surface area contributed by atoms with E-state index in [1.165, 1.54) is 12.1 Å². The maximum Gasteiger partial charge on any atom is 0.416 e. The number of rotatable bonds is 5. The number of carbonyl (C=O) groups excluding carboxylic acids is 1. The molecule has 3 nitrogen and oxygen atoms in total. The molecule has 0 aliphatic heterocycles. The molecule has 0 heterocycles. The quantitative estimate of drug-likeness (QED) is 0.861. The zero-order valence-electron chi connectivity index (χ0n) is 13.4. The Kier molecular flexibility index (Phi) is 5.49. The number of halogens is 3. The molecule has 0 aliphatic carbocycles. The van der Waals surface area contributed by atoms with Crippen LogP contribution in [0, 0.1) is 0 Å². The molecular formula is C18H18F3NO2. The first-order chi connectivity index (χ1) is 11.3. The summed E-state index contributed by atoms with van der Waals surface area (Å²) in [5.41, 5.74) is 0.501. The first-order valence-corrected chi connectivity index (χ1v) is 7.54. The van der Waals surface area contributed by atoms with Crippen LogP contribution in [0.1, 0.15) is 25.0 Å². The number of hydrogen-bond acceptors (Lipinski definition) is 2. The number of para-hydroxylation sites is 1. The lowest BCUT2D eigenvalue weighted by Crippen LogP contribution is -2.30. The van der Waals surface area contributed by atoms with E-state index >= 15 is 0 Å². The van der Waals surface area contributed by atoms with Crippen LogP contribution in [0.15, 0.2) is 48.5 Å². The third-order valence-electron chi connectivity index (χ3n) is 3.51. The average molecular weight is 337 g/mol. The average Bonchev–Trinajstić information content (AvgIpc) is 2.55. The summed E-state index contributed by atoms with van der Waals surface area (Å²) in [6, 6.07) is 11.7. The predicted octanol–water partition coefficient (Wildman–Crippen LogP) is 4.67. The van der Waals surface area contributed by atoms with Gasteiger partial charge in [0.1, 0.15) is 5.75 Å². The number of anilines is 1. The van der Waals surface area contributed by atoms with Crippen LogP contribution >= 0.6 is 0 Å². The SMILES string of the molecule is CCc1ccccc1O[C@H](C)C(=O)Nc1ccc(C(F)(F)F)cc1. The third kappa shape index (κ3) is 4.50. The Hall–Kier alpha value is -2.50. The molecule has 128 valence electrons. The molecule has 0 aromatic heterocycles. The molecule has 0 unspecified atom stereocenters. The zero-order chi connectivity index (χ0) is 17.7. The highest BCUT2D eigenvalue weighted by atomic mass is 19.4. The minimum atomic E-state index is -4.40. The van der Waals surface area contributed by atoms with Crippen molar-refractivity contribution in [2.45, 2.75) is 32.5 Å². The molecule has 2 aromatic carbocycles. The summed E-state index contributed by atoms with van der Waals surface area (Å²) >= 11 is 0. The van der Waals surface area contributed by atoms with Crippen molar-refractivity contribution < 1.29 is 22.7 Å². The minimum absolute atomic E-state index is 0.284. The molecule has 6 heteroatoms. The summed E-state index contributed by atoms with van der Waals surface area (Å²) in [4.78, 5) is 12.1. The lowest BCUT2D eigenvalue weighted by atomic mass is 10.1. The molecule has 0 fully saturated rings. The van der Waals surface area contributed by atoms with Gasteiger partial charge in [-0.15, -0.1) is 0 Å². The van der Waals surface area contributed by atoms with Gasteiger partial charge in [0.05, 0.1) is 5.56 Å². The van der Waals surface area contributed by atoms with Crippen LogP contribution in [0.25, 0.3) is 0 Å². The van der Waals surface area contributed by atoms with Gasteiger partial charge in [0.15, 0.2) is 6.10 Å². The van der Waals surface area contributed by atoms with E-state index in [4.69, 9.17) is 4.74 Å². The second kappa shape index (κ2) is 7.38. The summed E-state index contributed by atoms with van der Waals surface area (Å²) in [7, 11) is 0. The van der Waals surface area contributed by atoms with Crippen LogP contribution in [0.2, 0.25) is 0 Å². The molecule has 0 radical (unpaired) electrons. The minimum Gasteiger partial charge on any atom is -0.481 e. The monoisotopic (exact) mass is 337 g/mol. The van der Waals surface area contributed by atoms with Crippen molar-refractivity contribution in [1.82, 2.24) is 0 Å². The first kappa shape index (κ1) is 17.8. The second-order valence-electron chi connectivity index (χ2n) is 5.29. The van der Waals surface area contributed by atoms with E-state index in [9.17, 15) is 18.0 Å². The van der Waals surface area contributed by atoms with Gasteiger partial charge in [-0.1, -0.05) is 25.1 Å². The Morgan fingerprint density at radius 2 is 1.75 bits per heavy atom. The molecule has 24 heavy (non-hydrogen) atoms. The fraction of sp³-hybridized carbons (Fsp3) is 0.278. The van der Waals surface area contributed by atoms with E-state index in [2.05, 4.69) is 5.32 Å². The summed E-state index contributed by atoms with van der Waals surface area (Å²) in [6.07, 6.45) is -4.41. The van der Waals surface area contributed by atoms with Gasteiger partial charge >= 0.3 is 6.18 Å². The largest absolute Gasteiger partial charge is 0.481 e. The van der Waals surface area contributed by atoms with Crippen molar-refractivity contribution in [2.75, 3.05) is 5.32 Å². The highest BCUT2D eigenvalue weighted by molar-refractivity contribution is 5.94. The first-order valence-electron chi connectivity index (χ1n) is 7.54. The number of carbonyl (C=O) groups is 1. The smallest absolute Gasteiger partial charge is 0.416 e. The highest BCUT2D eigenvalue weighted by Gasteiger charge is 2.30. The molecule has 0 bridgehead atoms. The van der Waals surface area contributed by atoms with E-state index in [-0.39, 0.29) is 5.69 Å². The van der Waals surface area contributed by atoms with Gasteiger partial charge in [0.2, 0.25) is 0 Å². The van der Waals surface area contributed by atoms with Gasteiger partial charge in [0, 0.05) is 5.69 Å². The summed E-state index contributed by atoms with van der Waals surface area (Å²) in [5, 5.41) is 2.55. The van der Waals surface area contributed by atoms with E-state index in [0.717, 1.165) is 24.1 Å². The number of alkyl halides is 3. The summed E-state index contributed by atoms with van der Waals surface area (Å²) < 4.78 is 43.2. The van der Waals surface area contributed by atoms with Gasteiger partial charge in [-0.3, -0.25) is 4.79 Å². The Bertz CT molecular complexity index is 696. The molecule has 2 aromatic rings. The molecular weight excluding hydrogens is 319 g/mol. The fourth-order valence-electron chi connectivity index (χ4n) is 2.14. The molecule has 1 amide bonds.